The SMILES string of the molecule is CCC(CC)n1nccc1C(=O)NC(C)CO. The van der Waals surface area contributed by atoms with E-state index in [4.69, 9.17) is 5.11 Å². The number of hydrogen-bond acceptors (Lipinski definition) is 3. The summed E-state index contributed by atoms with van der Waals surface area (Å²) in [6, 6.07) is 1.71. The first-order chi connectivity index (χ1) is 8.13. The van der Waals surface area contributed by atoms with Crippen LogP contribution >= 0.6 is 0 Å². The van der Waals surface area contributed by atoms with Gasteiger partial charge in [-0.1, -0.05) is 13.8 Å². The number of carbonyl (C=O) groups is 1. The van der Waals surface area contributed by atoms with Crippen LogP contribution in [-0.4, -0.2) is 33.4 Å². The third-order valence-electron chi connectivity index (χ3n) is 2.84. The molecular formula is C12H21N3O2. The van der Waals surface area contributed by atoms with Gasteiger partial charge in [0.05, 0.1) is 12.6 Å². The second-order valence-electron chi connectivity index (χ2n) is 4.19. The number of aliphatic hydroxyl groups excluding tert-OH is 1. The number of amides is 1. The van der Waals surface area contributed by atoms with Crippen molar-refractivity contribution >= 4 is 5.91 Å². The second-order valence-corrected chi connectivity index (χ2v) is 4.19. The lowest BCUT2D eigenvalue weighted by Gasteiger charge is -2.17. The van der Waals surface area contributed by atoms with E-state index in [-0.39, 0.29) is 24.6 Å². The molecule has 5 heteroatoms. The van der Waals surface area contributed by atoms with E-state index in [0.29, 0.717) is 5.69 Å². The van der Waals surface area contributed by atoms with Crippen molar-refractivity contribution in [1.29, 1.82) is 0 Å². The highest BCUT2D eigenvalue weighted by Crippen LogP contribution is 2.16. The summed E-state index contributed by atoms with van der Waals surface area (Å²) in [6.07, 6.45) is 3.51. The molecule has 17 heavy (non-hydrogen) atoms. The lowest BCUT2D eigenvalue weighted by Crippen LogP contribution is -2.36. The molecule has 0 spiro atoms. The number of aliphatic hydroxyl groups is 1. The number of aromatic nitrogens is 2. The summed E-state index contributed by atoms with van der Waals surface area (Å²) in [6.45, 7) is 5.85. The monoisotopic (exact) mass is 239 g/mol. The smallest absolute Gasteiger partial charge is 0.269 e. The van der Waals surface area contributed by atoms with E-state index in [1.54, 1.807) is 23.9 Å². The zero-order chi connectivity index (χ0) is 12.8. The summed E-state index contributed by atoms with van der Waals surface area (Å²) in [4.78, 5) is 11.9. The van der Waals surface area contributed by atoms with Crippen molar-refractivity contribution in [3.05, 3.63) is 18.0 Å². The number of rotatable bonds is 6. The highest BCUT2D eigenvalue weighted by atomic mass is 16.3. The van der Waals surface area contributed by atoms with Crippen molar-refractivity contribution < 1.29 is 9.90 Å². The molecule has 5 nitrogen and oxygen atoms in total. The molecule has 0 radical (unpaired) electrons. The molecule has 1 aromatic rings. The van der Waals surface area contributed by atoms with Crippen LogP contribution in [0.3, 0.4) is 0 Å². The molecule has 1 amide bonds. The molecule has 0 aliphatic rings. The van der Waals surface area contributed by atoms with Crippen molar-refractivity contribution in [2.75, 3.05) is 6.61 Å². The van der Waals surface area contributed by atoms with Crippen molar-refractivity contribution in [1.82, 2.24) is 15.1 Å². The largest absolute Gasteiger partial charge is 0.394 e. The van der Waals surface area contributed by atoms with E-state index in [1.165, 1.54) is 0 Å². The molecule has 1 atom stereocenters. The number of nitrogens with one attached hydrogen (secondary N) is 1. The third kappa shape index (κ3) is 3.30. The molecule has 0 aromatic carbocycles. The van der Waals surface area contributed by atoms with E-state index in [0.717, 1.165) is 12.8 Å². The molecule has 2 N–H and O–H groups in total. The Balaban J connectivity index is 2.84. The maximum atomic E-state index is 11.9. The summed E-state index contributed by atoms with van der Waals surface area (Å²) < 4.78 is 1.76. The summed E-state index contributed by atoms with van der Waals surface area (Å²) >= 11 is 0. The summed E-state index contributed by atoms with van der Waals surface area (Å²) in [5.41, 5.74) is 0.555. The Labute approximate surface area is 102 Å². The molecule has 0 saturated heterocycles. The topological polar surface area (TPSA) is 67.2 Å². The van der Waals surface area contributed by atoms with Crippen LogP contribution in [0.25, 0.3) is 0 Å². The minimum atomic E-state index is -0.243. The standard InChI is InChI=1S/C12H21N3O2/c1-4-10(5-2)15-11(6-7-13-15)12(17)14-9(3)8-16/h6-7,9-10,16H,4-5,8H2,1-3H3,(H,14,17). The zero-order valence-corrected chi connectivity index (χ0v) is 10.7. The van der Waals surface area contributed by atoms with Crippen LogP contribution < -0.4 is 5.32 Å². The Bertz CT molecular complexity index is 358. The highest BCUT2D eigenvalue weighted by molar-refractivity contribution is 5.92. The average molecular weight is 239 g/mol. The number of carbonyl (C=O) groups excluding carboxylic acids is 1. The summed E-state index contributed by atoms with van der Waals surface area (Å²) in [5, 5.41) is 15.8. The Hall–Kier alpha value is -1.36. The Morgan fingerprint density at radius 2 is 2.18 bits per heavy atom. The lowest BCUT2D eigenvalue weighted by molar-refractivity contribution is 0.0908. The fourth-order valence-corrected chi connectivity index (χ4v) is 1.76. The molecule has 0 aliphatic heterocycles. The van der Waals surface area contributed by atoms with Gasteiger partial charge in [0.25, 0.3) is 5.91 Å². The normalized spacial score (nSPS) is 12.8. The molecule has 0 aliphatic carbocycles. The molecular weight excluding hydrogens is 218 g/mol. The predicted octanol–water partition coefficient (Wildman–Crippen LogP) is 1.35. The van der Waals surface area contributed by atoms with E-state index in [2.05, 4.69) is 24.3 Å². The van der Waals surface area contributed by atoms with Gasteiger partial charge in [-0.05, 0) is 25.8 Å². The molecule has 1 unspecified atom stereocenters. The quantitative estimate of drug-likeness (QED) is 0.787. The summed E-state index contributed by atoms with van der Waals surface area (Å²) in [5.74, 6) is -0.184. The van der Waals surface area contributed by atoms with E-state index in [9.17, 15) is 4.79 Å². The number of hydrogen-bond donors (Lipinski definition) is 2. The van der Waals surface area contributed by atoms with Crippen LogP contribution in [0.4, 0.5) is 0 Å². The molecule has 96 valence electrons. The van der Waals surface area contributed by atoms with Gasteiger partial charge in [0.15, 0.2) is 0 Å². The summed E-state index contributed by atoms with van der Waals surface area (Å²) in [7, 11) is 0. The van der Waals surface area contributed by atoms with E-state index in [1.807, 2.05) is 0 Å². The first-order valence-electron chi connectivity index (χ1n) is 6.09. The Kier molecular flexibility index (Phi) is 5.15. The molecule has 0 fully saturated rings. The van der Waals surface area contributed by atoms with Gasteiger partial charge in [0, 0.05) is 12.2 Å². The van der Waals surface area contributed by atoms with Gasteiger partial charge in [0.1, 0.15) is 5.69 Å². The van der Waals surface area contributed by atoms with Gasteiger partial charge >= 0.3 is 0 Å². The van der Waals surface area contributed by atoms with Crippen LogP contribution in [0.2, 0.25) is 0 Å². The average Bonchev–Trinajstić information content (AvgIpc) is 2.79. The molecule has 0 bridgehead atoms. The van der Waals surface area contributed by atoms with Gasteiger partial charge < -0.3 is 10.4 Å². The lowest BCUT2D eigenvalue weighted by atomic mass is 10.1. The van der Waals surface area contributed by atoms with Gasteiger partial charge in [0.2, 0.25) is 0 Å². The minimum Gasteiger partial charge on any atom is -0.394 e. The van der Waals surface area contributed by atoms with Gasteiger partial charge in [-0.15, -0.1) is 0 Å². The van der Waals surface area contributed by atoms with Crippen LogP contribution in [0.1, 0.15) is 50.1 Å². The first kappa shape index (κ1) is 13.7. The highest BCUT2D eigenvalue weighted by Gasteiger charge is 2.17. The van der Waals surface area contributed by atoms with Crippen molar-refractivity contribution in [3.63, 3.8) is 0 Å². The van der Waals surface area contributed by atoms with Crippen LogP contribution in [0.15, 0.2) is 12.3 Å². The zero-order valence-electron chi connectivity index (χ0n) is 10.7. The van der Waals surface area contributed by atoms with Crippen LogP contribution in [0.5, 0.6) is 0 Å². The molecule has 1 aromatic heterocycles. The van der Waals surface area contributed by atoms with Crippen LogP contribution in [-0.2, 0) is 0 Å². The van der Waals surface area contributed by atoms with Crippen molar-refractivity contribution in [2.24, 2.45) is 0 Å². The Morgan fingerprint density at radius 3 is 2.71 bits per heavy atom. The van der Waals surface area contributed by atoms with Crippen LogP contribution in [0, 0.1) is 0 Å². The van der Waals surface area contributed by atoms with Gasteiger partial charge in [-0.3, -0.25) is 9.48 Å². The van der Waals surface area contributed by atoms with Gasteiger partial charge in [-0.25, -0.2) is 0 Å². The maximum absolute atomic E-state index is 11.9. The maximum Gasteiger partial charge on any atom is 0.269 e. The molecule has 1 rings (SSSR count). The van der Waals surface area contributed by atoms with E-state index >= 15 is 0 Å². The second kappa shape index (κ2) is 6.39. The Morgan fingerprint density at radius 1 is 1.53 bits per heavy atom. The third-order valence-corrected chi connectivity index (χ3v) is 2.84. The molecule has 1 heterocycles. The number of nitrogens with zero attached hydrogens (tertiary/aromatic N) is 2. The van der Waals surface area contributed by atoms with Crippen molar-refractivity contribution in [3.8, 4) is 0 Å². The fourth-order valence-electron chi connectivity index (χ4n) is 1.76. The molecule has 0 saturated carbocycles. The fraction of sp³-hybridized carbons (Fsp3) is 0.667. The first-order valence-corrected chi connectivity index (χ1v) is 6.09. The van der Waals surface area contributed by atoms with E-state index < -0.39 is 0 Å². The van der Waals surface area contributed by atoms with Crippen molar-refractivity contribution in [2.45, 2.75) is 45.7 Å². The van der Waals surface area contributed by atoms with Gasteiger partial charge in [-0.2, -0.15) is 5.10 Å². The predicted molar refractivity (Wildman–Crippen MR) is 65.9 cm³/mol. The minimum absolute atomic E-state index is 0.0646.